The lowest BCUT2D eigenvalue weighted by molar-refractivity contribution is -0.129. The summed E-state index contributed by atoms with van der Waals surface area (Å²) in [5, 5.41) is 6.02. The number of fused-ring (bicyclic) bond motifs is 1. The number of nitrogens with one attached hydrogen (secondary N) is 1. The van der Waals surface area contributed by atoms with Gasteiger partial charge in [-0.15, -0.1) is 0 Å². The molecule has 1 aromatic heterocycles. The number of nitrogens with zero attached hydrogens (tertiary/aromatic N) is 2. The smallest absolute Gasteiger partial charge is 0.262 e. The summed E-state index contributed by atoms with van der Waals surface area (Å²) in [5.74, 6) is 0.596. The van der Waals surface area contributed by atoms with E-state index in [-0.39, 0.29) is 17.4 Å². The van der Waals surface area contributed by atoms with Crippen molar-refractivity contribution >= 4 is 63.5 Å². The second-order valence-corrected chi connectivity index (χ2v) is 12.5. The van der Waals surface area contributed by atoms with E-state index in [0.29, 0.717) is 22.5 Å². The fraction of sp³-hybridized carbons (Fsp3) is 0.281. The van der Waals surface area contributed by atoms with Crippen LogP contribution in [0.3, 0.4) is 0 Å². The van der Waals surface area contributed by atoms with Crippen LogP contribution in [0.1, 0.15) is 43.7 Å². The minimum Gasteiger partial charge on any atom is -0.356 e. The Morgan fingerprint density at radius 3 is 2.56 bits per heavy atom. The zero-order valence-electron chi connectivity index (χ0n) is 21.8. The Bertz CT molecular complexity index is 1530. The van der Waals surface area contributed by atoms with Crippen molar-refractivity contribution in [2.45, 2.75) is 50.7 Å². The first-order chi connectivity index (χ1) is 19.0. The molecule has 3 aromatic carbocycles. The molecule has 1 amide bonds. The number of carbonyl (C=O) groups excluding carboxylic acids is 1. The molecule has 6 rings (SSSR count). The third kappa shape index (κ3) is 5.45. The van der Waals surface area contributed by atoms with E-state index in [4.69, 9.17) is 23.2 Å². The Labute approximate surface area is 244 Å². The molecular formula is C32H31Cl2N3OS. The Balaban J connectivity index is 1.36. The van der Waals surface area contributed by atoms with Gasteiger partial charge in [0.05, 0.1) is 4.91 Å². The molecule has 1 N–H and O–H groups in total. The van der Waals surface area contributed by atoms with Crippen LogP contribution in [0.2, 0.25) is 10.0 Å². The largest absolute Gasteiger partial charge is 0.356 e. The lowest BCUT2D eigenvalue weighted by atomic mass is 9.85. The summed E-state index contributed by atoms with van der Waals surface area (Å²) in [7, 11) is 0. The lowest BCUT2D eigenvalue weighted by Gasteiger charge is -2.39. The normalized spacial score (nSPS) is 22.6. The molecule has 3 atom stereocenters. The third-order valence-electron chi connectivity index (χ3n) is 7.89. The molecule has 0 bridgehead atoms. The van der Waals surface area contributed by atoms with Crippen molar-refractivity contribution in [2.75, 3.05) is 5.32 Å². The number of para-hydroxylation sites is 2. The van der Waals surface area contributed by atoms with Gasteiger partial charge in [0.1, 0.15) is 0 Å². The number of halogens is 2. The van der Waals surface area contributed by atoms with Gasteiger partial charge in [0.25, 0.3) is 5.91 Å². The lowest BCUT2D eigenvalue weighted by Crippen LogP contribution is -2.48. The van der Waals surface area contributed by atoms with Crippen molar-refractivity contribution in [1.29, 1.82) is 0 Å². The van der Waals surface area contributed by atoms with Gasteiger partial charge in [-0.3, -0.25) is 4.79 Å². The summed E-state index contributed by atoms with van der Waals surface area (Å²) >= 11 is 14.3. The fourth-order valence-electron chi connectivity index (χ4n) is 5.86. The van der Waals surface area contributed by atoms with E-state index in [1.54, 1.807) is 17.8 Å². The SMILES string of the molecule is C[C@@H]1CCCC[C@@H]1N1C(=O)/C(=C/c2cn(Cc3ccc(Cl)cc3Cl)c3ccccc23)SC1Nc1ccccc1. The van der Waals surface area contributed by atoms with Gasteiger partial charge in [-0.1, -0.05) is 97.2 Å². The molecule has 1 aliphatic heterocycles. The average Bonchev–Trinajstić information content (AvgIpc) is 3.43. The number of thioether (sulfide) groups is 1. The van der Waals surface area contributed by atoms with Gasteiger partial charge in [0.15, 0.2) is 5.50 Å². The predicted molar refractivity (Wildman–Crippen MR) is 165 cm³/mol. The topological polar surface area (TPSA) is 37.3 Å². The number of anilines is 1. The fourth-order valence-corrected chi connectivity index (χ4v) is 7.53. The number of aromatic nitrogens is 1. The minimum absolute atomic E-state index is 0.116. The van der Waals surface area contributed by atoms with Crippen molar-refractivity contribution in [3.8, 4) is 0 Å². The first-order valence-corrected chi connectivity index (χ1v) is 15.2. The van der Waals surface area contributed by atoms with Crippen molar-refractivity contribution in [3.63, 3.8) is 0 Å². The van der Waals surface area contributed by atoms with Crippen LogP contribution in [0.15, 0.2) is 83.9 Å². The van der Waals surface area contributed by atoms with E-state index in [2.05, 4.69) is 58.2 Å². The maximum atomic E-state index is 14.0. The Kier molecular flexibility index (Phi) is 7.66. The van der Waals surface area contributed by atoms with Crippen LogP contribution in [-0.2, 0) is 11.3 Å². The highest BCUT2D eigenvalue weighted by Gasteiger charge is 2.43. The summed E-state index contributed by atoms with van der Waals surface area (Å²) in [4.78, 5) is 16.9. The molecule has 2 aliphatic rings. The van der Waals surface area contributed by atoms with E-state index in [9.17, 15) is 4.79 Å². The monoisotopic (exact) mass is 575 g/mol. The second kappa shape index (κ2) is 11.3. The van der Waals surface area contributed by atoms with E-state index in [0.717, 1.165) is 45.5 Å². The van der Waals surface area contributed by atoms with E-state index in [1.807, 2.05) is 42.5 Å². The molecule has 0 spiro atoms. The number of hydrogen-bond acceptors (Lipinski definition) is 3. The molecule has 0 radical (unpaired) electrons. The Morgan fingerprint density at radius 2 is 1.77 bits per heavy atom. The van der Waals surface area contributed by atoms with Gasteiger partial charge in [0, 0.05) is 51.0 Å². The van der Waals surface area contributed by atoms with Crippen LogP contribution in [0, 0.1) is 5.92 Å². The van der Waals surface area contributed by atoms with Gasteiger partial charge in [-0.25, -0.2) is 0 Å². The highest BCUT2D eigenvalue weighted by atomic mass is 35.5. The maximum Gasteiger partial charge on any atom is 0.262 e. The Hall–Kier alpha value is -2.86. The molecule has 1 saturated heterocycles. The first-order valence-electron chi connectivity index (χ1n) is 13.5. The van der Waals surface area contributed by atoms with E-state index < -0.39 is 0 Å². The average molecular weight is 577 g/mol. The highest BCUT2D eigenvalue weighted by molar-refractivity contribution is 8.05. The van der Waals surface area contributed by atoms with Gasteiger partial charge >= 0.3 is 0 Å². The van der Waals surface area contributed by atoms with Crippen LogP contribution in [0.5, 0.6) is 0 Å². The van der Waals surface area contributed by atoms with Crippen LogP contribution >= 0.6 is 35.0 Å². The van der Waals surface area contributed by atoms with Gasteiger partial charge in [-0.05, 0) is 60.7 Å². The van der Waals surface area contributed by atoms with Crippen molar-refractivity contribution in [2.24, 2.45) is 5.92 Å². The molecule has 4 nitrogen and oxygen atoms in total. The molecule has 1 aliphatic carbocycles. The maximum absolute atomic E-state index is 14.0. The van der Waals surface area contributed by atoms with Gasteiger partial charge in [-0.2, -0.15) is 0 Å². The molecule has 39 heavy (non-hydrogen) atoms. The summed E-state index contributed by atoms with van der Waals surface area (Å²) in [5.41, 5.74) is 4.01. The first kappa shape index (κ1) is 26.4. The van der Waals surface area contributed by atoms with Crippen molar-refractivity contribution < 1.29 is 4.79 Å². The van der Waals surface area contributed by atoms with E-state index in [1.165, 1.54) is 12.8 Å². The number of benzene rings is 3. The summed E-state index contributed by atoms with van der Waals surface area (Å²) < 4.78 is 2.20. The summed E-state index contributed by atoms with van der Waals surface area (Å²) in [6.45, 7) is 2.91. The third-order valence-corrected chi connectivity index (χ3v) is 9.59. The van der Waals surface area contributed by atoms with Crippen molar-refractivity contribution in [3.05, 3.63) is 105 Å². The molecule has 1 saturated carbocycles. The highest BCUT2D eigenvalue weighted by Crippen LogP contribution is 2.43. The number of carbonyl (C=O) groups is 1. The van der Waals surface area contributed by atoms with E-state index >= 15 is 0 Å². The molecule has 7 heteroatoms. The van der Waals surface area contributed by atoms with Crippen LogP contribution in [-0.4, -0.2) is 26.9 Å². The molecule has 1 unspecified atom stereocenters. The van der Waals surface area contributed by atoms with Crippen LogP contribution < -0.4 is 5.32 Å². The quantitative estimate of drug-likeness (QED) is 0.233. The number of hydrogen-bond donors (Lipinski definition) is 1. The summed E-state index contributed by atoms with van der Waals surface area (Å²) in [6, 6.07) is 24.3. The van der Waals surface area contributed by atoms with Gasteiger partial charge in [0.2, 0.25) is 0 Å². The van der Waals surface area contributed by atoms with Crippen LogP contribution in [0.4, 0.5) is 5.69 Å². The van der Waals surface area contributed by atoms with Crippen molar-refractivity contribution in [1.82, 2.24) is 9.47 Å². The predicted octanol–water partition coefficient (Wildman–Crippen LogP) is 8.89. The zero-order valence-corrected chi connectivity index (χ0v) is 24.1. The second-order valence-electron chi connectivity index (χ2n) is 10.5. The summed E-state index contributed by atoms with van der Waals surface area (Å²) in [6.07, 6.45) is 8.82. The molecule has 2 fully saturated rings. The van der Waals surface area contributed by atoms with Crippen LogP contribution in [0.25, 0.3) is 17.0 Å². The minimum atomic E-state index is -0.141. The standard InChI is InChI=1S/C32H31Cl2N3OS/c1-21-9-5-7-13-28(21)37-31(38)30(39-32(37)35-25-10-3-2-4-11-25)17-23-20-36(29-14-8-6-12-26(23)29)19-22-15-16-24(33)18-27(22)34/h2-4,6,8,10-12,14-18,20-21,28,32,35H,5,7,9,13,19H2,1H3/b30-17-/t21-,28+,32?/m1/s1. The Morgan fingerprint density at radius 1 is 1.00 bits per heavy atom. The molecule has 2 heterocycles. The number of amides is 1. The molecule has 200 valence electrons. The zero-order chi connectivity index (χ0) is 26.9. The molecular weight excluding hydrogens is 545 g/mol. The number of rotatable bonds is 6. The van der Waals surface area contributed by atoms with Gasteiger partial charge < -0.3 is 14.8 Å². The molecule has 4 aromatic rings.